The summed E-state index contributed by atoms with van der Waals surface area (Å²) in [6.07, 6.45) is 2.47. The van der Waals surface area contributed by atoms with Crippen molar-refractivity contribution in [2.75, 3.05) is 39.3 Å². The summed E-state index contributed by atoms with van der Waals surface area (Å²) in [6, 6.07) is 0. The quantitative estimate of drug-likeness (QED) is 0.603. The topological polar surface area (TPSA) is 43.8 Å². The third-order valence-electron chi connectivity index (χ3n) is 3.02. The first kappa shape index (κ1) is 16.4. The van der Waals surface area contributed by atoms with E-state index in [1.807, 2.05) is 0 Å². The molecule has 17 heavy (non-hydrogen) atoms. The minimum absolute atomic E-state index is 0.255. The van der Waals surface area contributed by atoms with Gasteiger partial charge in [-0.15, -0.1) is 0 Å². The van der Waals surface area contributed by atoms with E-state index in [9.17, 15) is 4.79 Å². The summed E-state index contributed by atoms with van der Waals surface area (Å²) in [6.45, 7) is 12.5. The SMILES string of the molecule is CCCN(CCCN(CC)CC)CCC(=O)O. The second-order valence-electron chi connectivity index (χ2n) is 4.37. The van der Waals surface area contributed by atoms with Crippen LogP contribution in [0.3, 0.4) is 0 Å². The fraction of sp³-hybridized carbons (Fsp3) is 0.923. The van der Waals surface area contributed by atoms with Gasteiger partial charge >= 0.3 is 5.97 Å². The Morgan fingerprint density at radius 3 is 2.00 bits per heavy atom. The average molecular weight is 244 g/mol. The summed E-state index contributed by atoms with van der Waals surface area (Å²) in [5, 5.41) is 8.69. The van der Waals surface area contributed by atoms with Crippen LogP contribution in [0.4, 0.5) is 0 Å². The van der Waals surface area contributed by atoms with Crippen molar-refractivity contribution in [2.24, 2.45) is 0 Å². The zero-order valence-corrected chi connectivity index (χ0v) is 11.6. The molecule has 4 heteroatoms. The molecule has 0 atom stereocenters. The Bertz CT molecular complexity index is 194. The summed E-state index contributed by atoms with van der Waals surface area (Å²) in [5.74, 6) is -0.699. The number of aliphatic carboxylic acids is 1. The monoisotopic (exact) mass is 244 g/mol. The van der Waals surface area contributed by atoms with Gasteiger partial charge in [0, 0.05) is 6.54 Å². The maximum absolute atomic E-state index is 10.5. The lowest BCUT2D eigenvalue weighted by molar-refractivity contribution is -0.137. The minimum atomic E-state index is -0.699. The standard InChI is InChI=1S/C13H28N2O2/c1-4-9-15(12-8-13(16)17)11-7-10-14(5-2)6-3/h4-12H2,1-3H3,(H,16,17). The molecular weight excluding hydrogens is 216 g/mol. The summed E-state index contributed by atoms with van der Waals surface area (Å²) in [7, 11) is 0. The van der Waals surface area contributed by atoms with E-state index in [1.165, 1.54) is 0 Å². The fourth-order valence-corrected chi connectivity index (χ4v) is 1.96. The highest BCUT2D eigenvalue weighted by atomic mass is 16.4. The number of carboxylic acids is 1. The first-order valence-electron chi connectivity index (χ1n) is 6.80. The van der Waals surface area contributed by atoms with E-state index in [1.54, 1.807) is 0 Å². The molecule has 4 nitrogen and oxygen atoms in total. The summed E-state index contributed by atoms with van der Waals surface area (Å²) >= 11 is 0. The van der Waals surface area contributed by atoms with E-state index in [2.05, 4.69) is 30.6 Å². The average Bonchev–Trinajstić information content (AvgIpc) is 2.31. The van der Waals surface area contributed by atoms with Crippen molar-refractivity contribution in [2.45, 2.75) is 40.0 Å². The van der Waals surface area contributed by atoms with Crippen LogP contribution in [0.1, 0.15) is 40.0 Å². The lowest BCUT2D eigenvalue weighted by Crippen LogP contribution is -2.32. The van der Waals surface area contributed by atoms with Crippen LogP contribution in [0.2, 0.25) is 0 Å². The number of nitrogens with zero attached hydrogens (tertiary/aromatic N) is 2. The molecule has 0 heterocycles. The second-order valence-corrected chi connectivity index (χ2v) is 4.37. The van der Waals surface area contributed by atoms with Gasteiger partial charge in [-0.3, -0.25) is 4.79 Å². The highest BCUT2D eigenvalue weighted by molar-refractivity contribution is 5.66. The van der Waals surface area contributed by atoms with Crippen LogP contribution >= 0.6 is 0 Å². The molecule has 0 aromatic carbocycles. The fourth-order valence-electron chi connectivity index (χ4n) is 1.96. The molecule has 0 bridgehead atoms. The third-order valence-corrected chi connectivity index (χ3v) is 3.02. The number of carboxylic acid groups (broad SMARTS) is 1. The Labute approximate surface area is 106 Å². The van der Waals surface area contributed by atoms with Crippen LogP contribution < -0.4 is 0 Å². The van der Waals surface area contributed by atoms with Gasteiger partial charge in [-0.25, -0.2) is 0 Å². The van der Waals surface area contributed by atoms with E-state index in [0.717, 1.165) is 45.6 Å². The highest BCUT2D eigenvalue weighted by Gasteiger charge is 2.07. The van der Waals surface area contributed by atoms with Gasteiger partial charge in [-0.2, -0.15) is 0 Å². The molecule has 0 aliphatic heterocycles. The largest absolute Gasteiger partial charge is 0.481 e. The Kier molecular flexibility index (Phi) is 10.2. The van der Waals surface area contributed by atoms with E-state index in [0.29, 0.717) is 6.54 Å². The number of carbonyl (C=O) groups is 1. The number of hydrogen-bond acceptors (Lipinski definition) is 3. The van der Waals surface area contributed by atoms with E-state index in [-0.39, 0.29) is 6.42 Å². The van der Waals surface area contributed by atoms with Gasteiger partial charge in [0.15, 0.2) is 0 Å². The van der Waals surface area contributed by atoms with Crippen LogP contribution in [0.15, 0.2) is 0 Å². The molecular formula is C13H28N2O2. The summed E-state index contributed by atoms with van der Waals surface area (Å²) in [4.78, 5) is 15.2. The Hall–Kier alpha value is -0.610. The lowest BCUT2D eigenvalue weighted by Gasteiger charge is -2.23. The molecule has 0 amide bonds. The lowest BCUT2D eigenvalue weighted by atomic mass is 10.3. The van der Waals surface area contributed by atoms with E-state index >= 15 is 0 Å². The molecule has 0 aliphatic carbocycles. The molecule has 0 spiro atoms. The second kappa shape index (κ2) is 10.5. The van der Waals surface area contributed by atoms with Crippen molar-refractivity contribution in [3.8, 4) is 0 Å². The zero-order chi connectivity index (χ0) is 13.1. The Morgan fingerprint density at radius 1 is 0.941 bits per heavy atom. The van der Waals surface area contributed by atoms with Gasteiger partial charge in [-0.05, 0) is 45.6 Å². The Balaban J connectivity index is 3.79. The maximum Gasteiger partial charge on any atom is 0.304 e. The van der Waals surface area contributed by atoms with Crippen molar-refractivity contribution >= 4 is 5.97 Å². The number of rotatable bonds is 11. The molecule has 1 N–H and O–H groups in total. The predicted molar refractivity (Wildman–Crippen MR) is 71.4 cm³/mol. The molecule has 102 valence electrons. The van der Waals surface area contributed by atoms with Crippen LogP contribution in [0.25, 0.3) is 0 Å². The molecule has 0 saturated heterocycles. The minimum Gasteiger partial charge on any atom is -0.481 e. The van der Waals surface area contributed by atoms with Gasteiger partial charge in [-0.1, -0.05) is 20.8 Å². The van der Waals surface area contributed by atoms with Crippen LogP contribution in [-0.4, -0.2) is 60.1 Å². The van der Waals surface area contributed by atoms with Gasteiger partial charge < -0.3 is 14.9 Å². The summed E-state index contributed by atoms with van der Waals surface area (Å²) in [5.41, 5.74) is 0. The number of hydrogen-bond donors (Lipinski definition) is 1. The van der Waals surface area contributed by atoms with Crippen LogP contribution in [0.5, 0.6) is 0 Å². The predicted octanol–water partition coefficient (Wildman–Crippen LogP) is 1.91. The van der Waals surface area contributed by atoms with E-state index in [4.69, 9.17) is 5.11 Å². The smallest absolute Gasteiger partial charge is 0.304 e. The molecule has 0 radical (unpaired) electrons. The Morgan fingerprint density at radius 2 is 1.53 bits per heavy atom. The first-order valence-corrected chi connectivity index (χ1v) is 6.80. The van der Waals surface area contributed by atoms with Gasteiger partial charge in [0.2, 0.25) is 0 Å². The van der Waals surface area contributed by atoms with Crippen molar-refractivity contribution in [1.29, 1.82) is 0 Å². The normalized spacial score (nSPS) is 11.4. The van der Waals surface area contributed by atoms with Crippen molar-refractivity contribution in [3.63, 3.8) is 0 Å². The van der Waals surface area contributed by atoms with Gasteiger partial charge in [0.05, 0.1) is 6.42 Å². The third kappa shape index (κ3) is 9.12. The van der Waals surface area contributed by atoms with Crippen molar-refractivity contribution < 1.29 is 9.90 Å². The zero-order valence-electron chi connectivity index (χ0n) is 11.6. The molecule has 0 unspecified atom stereocenters. The van der Waals surface area contributed by atoms with Crippen molar-refractivity contribution in [3.05, 3.63) is 0 Å². The highest BCUT2D eigenvalue weighted by Crippen LogP contribution is 1.98. The van der Waals surface area contributed by atoms with Gasteiger partial charge in [0.25, 0.3) is 0 Å². The molecule has 0 fully saturated rings. The van der Waals surface area contributed by atoms with Crippen LogP contribution in [0, 0.1) is 0 Å². The molecule has 0 rings (SSSR count). The van der Waals surface area contributed by atoms with Gasteiger partial charge in [0.1, 0.15) is 0 Å². The first-order chi connectivity index (χ1) is 8.13. The van der Waals surface area contributed by atoms with Crippen LogP contribution in [-0.2, 0) is 4.79 Å². The molecule has 0 saturated carbocycles. The molecule has 0 aliphatic rings. The summed E-state index contributed by atoms with van der Waals surface area (Å²) < 4.78 is 0. The van der Waals surface area contributed by atoms with Crippen molar-refractivity contribution in [1.82, 2.24) is 9.80 Å². The molecule has 0 aromatic heterocycles. The van der Waals surface area contributed by atoms with E-state index < -0.39 is 5.97 Å². The maximum atomic E-state index is 10.5. The molecule has 0 aromatic rings.